The van der Waals surface area contributed by atoms with Crippen molar-refractivity contribution in [1.29, 1.82) is 0 Å². The Labute approximate surface area is 127 Å². The predicted molar refractivity (Wildman–Crippen MR) is 83.5 cm³/mol. The van der Waals surface area contributed by atoms with Crippen LogP contribution in [0.4, 0.5) is 0 Å². The fourth-order valence-electron chi connectivity index (χ4n) is 2.45. The average Bonchev–Trinajstić information content (AvgIpc) is 2.99. The molecule has 1 aromatic carbocycles. The second-order valence-corrected chi connectivity index (χ2v) is 5.40. The molecule has 2 rings (SSSR count). The molecule has 1 heterocycles. The number of benzene rings is 1. The van der Waals surface area contributed by atoms with Crippen LogP contribution in [0.3, 0.4) is 0 Å². The largest absolute Gasteiger partial charge is 0.492 e. The number of aryl methyl sites for hydroxylation is 1. The van der Waals surface area contributed by atoms with Gasteiger partial charge in [-0.2, -0.15) is 0 Å². The molecule has 114 valence electrons. The van der Waals surface area contributed by atoms with Crippen LogP contribution in [0.15, 0.2) is 18.2 Å². The highest BCUT2D eigenvalue weighted by Crippen LogP contribution is 2.21. The van der Waals surface area contributed by atoms with Crippen molar-refractivity contribution in [2.45, 2.75) is 45.1 Å². The molecular weight excluding hydrogens is 264 g/mol. The lowest BCUT2D eigenvalue weighted by molar-refractivity contribution is 0.0981. The smallest absolute Gasteiger partial charge is 0.134 e. The van der Waals surface area contributed by atoms with E-state index in [1.807, 2.05) is 25.1 Å². The van der Waals surface area contributed by atoms with Crippen molar-refractivity contribution < 1.29 is 14.6 Å². The maximum atomic E-state index is 8.80. The van der Waals surface area contributed by atoms with Gasteiger partial charge in [-0.3, -0.25) is 0 Å². The molecule has 1 fully saturated rings. The molecule has 0 bridgehead atoms. The van der Waals surface area contributed by atoms with Crippen molar-refractivity contribution in [3.8, 4) is 17.6 Å². The normalized spacial score (nSPS) is 17.3. The van der Waals surface area contributed by atoms with Crippen LogP contribution in [-0.4, -0.2) is 31.0 Å². The summed E-state index contributed by atoms with van der Waals surface area (Å²) in [6.07, 6.45) is 5.36. The Bertz CT molecular complexity index is 493. The second-order valence-electron chi connectivity index (χ2n) is 5.40. The van der Waals surface area contributed by atoms with Crippen LogP contribution in [0.25, 0.3) is 0 Å². The first-order valence-electron chi connectivity index (χ1n) is 7.74. The molecule has 0 radical (unpaired) electrons. The second kappa shape index (κ2) is 8.71. The summed E-state index contributed by atoms with van der Waals surface area (Å²) in [6.45, 7) is 3.74. The van der Waals surface area contributed by atoms with Gasteiger partial charge in [-0.05, 0) is 50.3 Å². The van der Waals surface area contributed by atoms with Crippen molar-refractivity contribution in [1.82, 2.24) is 0 Å². The topological polar surface area (TPSA) is 38.7 Å². The van der Waals surface area contributed by atoms with E-state index in [0.29, 0.717) is 19.1 Å². The van der Waals surface area contributed by atoms with E-state index in [4.69, 9.17) is 14.6 Å². The zero-order valence-electron chi connectivity index (χ0n) is 12.7. The standard InChI is InChI=1S/C18H24O3/c1-15-9-10-18(16(14-15)6-2-3-11-19)21-13-5-8-17-7-4-12-20-17/h9-10,14,17,19H,3-5,7-8,11-13H2,1H3. The molecule has 1 unspecified atom stereocenters. The lowest BCUT2D eigenvalue weighted by atomic mass is 10.1. The molecule has 1 saturated heterocycles. The van der Waals surface area contributed by atoms with Gasteiger partial charge in [0.1, 0.15) is 5.75 Å². The Morgan fingerprint density at radius 1 is 1.43 bits per heavy atom. The van der Waals surface area contributed by atoms with Gasteiger partial charge in [0.05, 0.1) is 24.9 Å². The summed E-state index contributed by atoms with van der Waals surface area (Å²) in [5.41, 5.74) is 2.07. The zero-order chi connectivity index (χ0) is 14.9. The fraction of sp³-hybridized carbons (Fsp3) is 0.556. The van der Waals surface area contributed by atoms with E-state index in [1.165, 1.54) is 12.8 Å². The molecule has 21 heavy (non-hydrogen) atoms. The first-order chi connectivity index (χ1) is 10.3. The van der Waals surface area contributed by atoms with E-state index in [2.05, 4.69) is 11.8 Å². The SMILES string of the molecule is Cc1ccc(OCCCC2CCCO2)c(C#CCCO)c1. The molecule has 0 amide bonds. The third-order valence-corrected chi connectivity index (χ3v) is 3.55. The van der Waals surface area contributed by atoms with Crippen molar-refractivity contribution in [2.75, 3.05) is 19.8 Å². The number of rotatable bonds is 6. The third kappa shape index (κ3) is 5.41. The van der Waals surface area contributed by atoms with Gasteiger partial charge < -0.3 is 14.6 Å². The van der Waals surface area contributed by atoms with Gasteiger partial charge in [-0.25, -0.2) is 0 Å². The molecule has 1 aliphatic heterocycles. The maximum Gasteiger partial charge on any atom is 0.134 e. The van der Waals surface area contributed by atoms with Crippen LogP contribution < -0.4 is 4.74 Å². The molecule has 0 aromatic heterocycles. The van der Waals surface area contributed by atoms with Gasteiger partial charge in [-0.15, -0.1) is 0 Å². The minimum Gasteiger partial charge on any atom is -0.492 e. The summed E-state index contributed by atoms with van der Waals surface area (Å²) in [4.78, 5) is 0. The lowest BCUT2D eigenvalue weighted by Gasteiger charge is -2.11. The predicted octanol–water partition coefficient (Wildman–Crippen LogP) is 3.07. The Kier molecular flexibility index (Phi) is 6.59. The average molecular weight is 288 g/mol. The highest BCUT2D eigenvalue weighted by Gasteiger charge is 2.14. The van der Waals surface area contributed by atoms with Crippen molar-refractivity contribution in [3.63, 3.8) is 0 Å². The summed E-state index contributed by atoms with van der Waals surface area (Å²) in [6, 6.07) is 6.04. The molecule has 0 saturated carbocycles. The van der Waals surface area contributed by atoms with Gasteiger partial charge in [0.15, 0.2) is 0 Å². The number of aliphatic hydroxyl groups is 1. The quantitative estimate of drug-likeness (QED) is 0.646. The summed E-state index contributed by atoms with van der Waals surface area (Å²) in [5, 5.41) is 8.80. The summed E-state index contributed by atoms with van der Waals surface area (Å²) < 4.78 is 11.5. The third-order valence-electron chi connectivity index (χ3n) is 3.55. The molecule has 3 nitrogen and oxygen atoms in total. The maximum absolute atomic E-state index is 8.80. The molecule has 0 spiro atoms. The molecule has 3 heteroatoms. The van der Waals surface area contributed by atoms with Crippen LogP contribution in [0.5, 0.6) is 5.75 Å². The zero-order valence-corrected chi connectivity index (χ0v) is 12.7. The molecule has 1 N–H and O–H groups in total. The summed E-state index contributed by atoms with van der Waals surface area (Å²) in [5.74, 6) is 6.86. The van der Waals surface area contributed by atoms with Crippen LogP contribution in [0.2, 0.25) is 0 Å². The minimum atomic E-state index is 0.0936. The molecule has 1 aromatic rings. The Hall–Kier alpha value is -1.50. The highest BCUT2D eigenvalue weighted by atomic mass is 16.5. The van der Waals surface area contributed by atoms with Crippen molar-refractivity contribution >= 4 is 0 Å². The van der Waals surface area contributed by atoms with Crippen molar-refractivity contribution in [2.24, 2.45) is 0 Å². The van der Waals surface area contributed by atoms with Crippen molar-refractivity contribution in [3.05, 3.63) is 29.3 Å². The number of hydrogen-bond acceptors (Lipinski definition) is 3. The van der Waals surface area contributed by atoms with E-state index >= 15 is 0 Å². The van der Waals surface area contributed by atoms with Crippen LogP contribution in [-0.2, 0) is 4.74 Å². The monoisotopic (exact) mass is 288 g/mol. The first kappa shape index (κ1) is 15.9. The number of ether oxygens (including phenoxy) is 2. The minimum absolute atomic E-state index is 0.0936. The number of aliphatic hydroxyl groups excluding tert-OH is 1. The van der Waals surface area contributed by atoms with E-state index < -0.39 is 0 Å². The van der Waals surface area contributed by atoms with Crippen LogP contribution in [0, 0.1) is 18.8 Å². The first-order valence-corrected chi connectivity index (χ1v) is 7.74. The van der Waals surface area contributed by atoms with E-state index in [-0.39, 0.29) is 6.61 Å². The Balaban J connectivity index is 1.85. The van der Waals surface area contributed by atoms with Gasteiger partial charge in [-0.1, -0.05) is 17.9 Å². The van der Waals surface area contributed by atoms with Gasteiger partial charge in [0, 0.05) is 13.0 Å². The van der Waals surface area contributed by atoms with Gasteiger partial charge >= 0.3 is 0 Å². The van der Waals surface area contributed by atoms with Crippen LogP contribution in [0.1, 0.15) is 43.2 Å². The Morgan fingerprint density at radius 3 is 3.10 bits per heavy atom. The van der Waals surface area contributed by atoms with Crippen LogP contribution >= 0.6 is 0 Å². The molecular formula is C18H24O3. The lowest BCUT2D eigenvalue weighted by Crippen LogP contribution is -2.08. The van der Waals surface area contributed by atoms with E-state index in [9.17, 15) is 0 Å². The fourth-order valence-corrected chi connectivity index (χ4v) is 2.45. The number of hydrogen-bond donors (Lipinski definition) is 1. The van der Waals surface area contributed by atoms with Gasteiger partial charge in [0.2, 0.25) is 0 Å². The molecule has 1 aliphatic rings. The van der Waals surface area contributed by atoms with E-state index in [0.717, 1.165) is 36.3 Å². The van der Waals surface area contributed by atoms with E-state index in [1.54, 1.807) is 0 Å². The molecule has 0 aliphatic carbocycles. The summed E-state index contributed by atoms with van der Waals surface area (Å²) in [7, 11) is 0. The van der Waals surface area contributed by atoms with Gasteiger partial charge in [0.25, 0.3) is 0 Å². The highest BCUT2D eigenvalue weighted by molar-refractivity contribution is 5.48. The Morgan fingerprint density at radius 2 is 2.33 bits per heavy atom. The summed E-state index contributed by atoms with van der Waals surface area (Å²) >= 11 is 0. The molecule has 1 atom stereocenters.